The van der Waals surface area contributed by atoms with Crippen LogP contribution in [-0.2, 0) is 4.79 Å². The zero-order chi connectivity index (χ0) is 39.1. The Morgan fingerprint density at radius 1 is 0.455 bits per heavy atom. The molecule has 0 atom stereocenters. The second-order valence-electron chi connectivity index (χ2n) is 13.5. The predicted molar refractivity (Wildman–Crippen MR) is 216 cm³/mol. The van der Waals surface area contributed by atoms with Crippen molar-refractivity contribution in [3.8, 4) is 0 Å². The van der Waals surface area contributed by atoms with E-state index in [0.717, 1.165) is 16.8 Å². The normalized spacial score (nSPS) is 12.4. The molecule has 0 bridgehead atoms. The van der Waals surface area contributed by atoms with Crippen molar-refractivity contribution in [1.29, 1.82) is 0 Å². The minimum atomic E-state index is -0.257. The molecule has 8 rings (SSSR count). The summed E-state index contributed by atoms with van der Waals surface area (Å²) in [7, 11) is 0. The molecule has 1 amide bonds. The number of aryl methyl sites for hydroxylation is 3. The highest BCUT2D eigenvalue weighted by Crippen LogP contribution is 2.40. The van der Waals surface area contributed by atoms with E-state index < -0.39 is 0 Å². The molecule has 0 unspecified atom stereocenters. The molecule has 6 aromatic rings. The fraction of sp³-hybridized carbons (Fsp3) is 0.0889. The van der Waals surface area contributed by atoms with E-state index in [-0.39, 0.29) is 40.2 Å². The minimum absolute atomic E-state index is 0.173. The Morgan fingerprint density at radius 2 is 0.855 bits per heavy atom. The van der Waals surface area contributed by atoms with Crippen LogP contribution in [0.25, 0.3) is 0 Å². The molecule has 2 aliphatic carbocycles. The third kappa shape index (κ3) is 6.50. The lowest BCUT2D eigenvalue weighted by atomic mass is 9.81. The van der Waals surface area contributed by atoms with Crippen LogP contribution in [0.2, 0.25) is 0 Å². The van der Waals surface area contributed by atoms with Crippen LogP contribution in [-0.4, -0.2) is 29.0 Å². The van der Waals surface area contributed by atoms with Crippen LogP contribution in [0.5, 0.6) is 0 Å². The van der Waals surface area contributed by atoms with Gasteiger partial charge in [0.2, 0.25) is 5.91 Å². The summed E-state index contributed by atoms with van der Waals surface area (Å²) in [6.07, 6.45) is 0. The number of amides is 1. The SMILES string of the molecule is CC(=O)Nc1cc(Nc2cc(C)c(N)c3c2C(=O)c2ccccc2C3=O)ccc1C.Cc1cc(Nc2ccccc2)c2c(c1N)C(=O)c1ccccc1C2=O. The second-order valence-corrected chi connectivity index (χ2v) is 13.5. The lowest BCUT2D eigenvalue weighted by molar-refractivity contribution is -0.114. The molecule has 272 valence electrons. The first-order chi connectivity index (χ1) is 26.3. The topological polar surface area (TPSA) is 173 Å². The number of para-hydroxylation sites is 1. The number of nitrogens with one attached hydrogen (secondary N) is 3. The van der Waals surface area contributed by atoms with Crippen molar-refractivity contribution in [2.24, 2.45) is 0 Å². The van der Waals surface area contributed by atoms with Gasteiger partial charge in [-0.25, -0.2) is 0 Å². The first kappa shape index (κ1) is 36.0. The molecule has 2 aliphatic rings. The van der Waals surface area contributed by atoms with Crippen LogP contribution in [0.4, 0.5) is 39.8 Å². The minimum Gasteiger partial charge on any atom is -0.398 e. The van der Waals surface area contributed by atoms with Gasteiger partial charge in [-0.05, 0) is 73.9 Å². The molecule has 0 spiro atoms. The van der Waals surface area contributed by atoms with Gasteiger partial charge in [-0.15, -0.1) is 0 Å². The van der Waals surface area contributed by atoms with Crippen molar-refractivity contribution in [3.05, 3.63) is 170 Å². The van der Waals surface area contributed by atoms with Crippen molar-refractivity contribution < 1.29 is 24.0 Å². The molecule has 0 fully saturated rings. The van der Waals surface area contributed by atoms with Crippen molar-refractivity contribution in [2.75, 3.05) is 27.4 Å². The first-order valence-electron chi connectivity index (χ1n) is 17.6. The molecular formula is C45H37N5O5. The molecule has 10 nitrogen and oxygen atoms in total. The van der Waals surface area contributed by atoms with Gasteiger partial charge in [-0.3, -0.25) is 24.0 Å². The highest BCUT2D eigenvalue weighted by atomic mass is 16.2. The van der Waals surface area contributed by atoms with E-state index in [9.17, 15) is 24.0 Å². The molecule has 0 heterocycles. The largest absolute Gasteiger partial charge is 0.398 e. The monoisotopic (exact) mass is 727 g/mol. The van der Waals surface area contributed by atoms with E-state index in [0.29, 0.717) is 73.1 Å². The van der Waals surface area contributed by atoms with Gasteiger partial charge < -0.3 is 27.4 Å². The quantitative estimate of drug-likeness (QED) is 0.109. The van der Waals surface area contributed by atoms with Gasteiger partial charge >= 0.3 is 0 Å². The van der Waals surface area contributed by atoms with Crippen molar-refractivity contribution in [3.63, 3.8) is 0 Å². The number of nitrogens with two attached hydrogens (primary N) is 2. The molecule has 0 saturated heterocycles. The molecule has 0 saturated carbocycles. The van der Waals surface area contributed by atoms with Gasteiger partial charge in [0.1, 0.15) is 0 Å². The van der Waals surface area contributed by atoms with E-state index in [1.807, 2.05) is 62.4 Å². The Morgan fingerprint density at radius 3 is 1.29 bits per heavy atom. The summed E-state index contributed by atoms with van der Waals surface area (Å²) in [6.45, 7) is 6.98. The van der Waals surface area contributed by atoms with E-state index in [2.05, 4.69) is 16.0 Å². The van der Waals surface area contributed by atoms with Gasteiger partial charge in [0.05, 0.1) is 33.6 Å². The highest BCUT2D eigenvalue weighted by Gasteiger charge is 2.35. The predicted octanol–water partition coefficient (Wildman–Crippen LogP) is 8.46. The summed E-state index contributed by atoms with van der Waals surface area (Å²) in [5.74, 6) is -1.07. The third-order valence-corrected chi connectivity index (χ3v) is 9.77. The van der Waals surface area contributed by atoms with Gasteiger partial charge in [-0.1, -0.05) is 72.8 Å². The van der Waals surface area contributed by atoms with E-state index in [4.69, 9.17) is 11.5 Å². The number of hydrogen-bond acceptors (Lipinski definition) is 9. The highest BCUT2D eigenvalue weighted by molar-refractivity contribution is 6.33. The summed E-state index contributed by atoms with van der Waals surface area (Å²) in [4.78, 5) is 64.0. The van der Waals surface area contributed by atoms with Gasteiger partial charge in [-0.2, -0.15) is 0 Å². The van der Waals surface area contributed by atoms with E-state index >= 15 is 0 Å². The third-order valence-electron chi connectivity index (χ3n) is 9.77. The summed E-state index contributed by atoms with van der Waals surface area (Å²) in [5.41, 5.74) is 21.4. The summed E-state index contributed by atoms with van der Waals surface area (Å²) < 4.78 is 0. The van der Waals surface area contributed by atoms with E-state index in [1.165, 1.54) is 6.92 Å². The van der Waals surface area contributed by atoms with Crippen molar-refractivity contribution >= 4 is 68.9 Å². The maximum atomic E-state index is 13.3. The molecular weight excluding hydrogens is 691 g/mol. The first-order valence-corrected chi connectivity index (χ1v) is 17.6. The van der Waals surface area contributed by atoms with Crippen LogP contribution in [0, 0.1) is 20.8 Å². The van der Waals surface area contributed by atoms with Gasteiger partial charge in [0.25, 0.3) is 0 Å². The lowest BCUT2D eigenvalue weighted by Gasteiger charge is -2.23. The Bertz CT molecular complexity index is 2630. The maximum absolute atomic E-state index is 13.3. The van der Waals surface area contributed by atoms with Gasteiger partial charge in [0.15, 0.2) is 23.1 Å². The molecule has 0 radical (unpaired) electrons. The van der Waals surface area contributed by atoms with Crippen LogP contribution in [0.1, 0.15) is 87.3 Å². The number of rotatable bonds is 5. The zero-order valence-corrected chi connectivity index (χ0v) is 30.6. The average Bonchev–Trinajstić information content (AvgIpc) is 3.17. The fourth-order valence-electron chi connectivity index (χ4n) is 6.96. The number of benzene rings is 6. The number of nitrogen functional groups attached to an aromatic ring is 2. The number of fused-ring (bicyclic) bond motifs is 4. The number of hydrogen-bond donors (Lipinski definition) is 5. The molecule has 10 heteroatoms. The van der Waals surface area contributed by atoms with Crippen LogP contribution < -0.4 is 27.4 Å². The Balaban J connectivity index is 0.000000172. The smallest absolute Gasteiger partial charge is 0.221 e. The average molecular weight is 728 g/mol. The molecule has 55 heavy (non-hydrogen) atoms. The molecule has 0 aliphatic heterocycles. The zero-order valence-electron chi connectivity index (χ0n) is 30.6. The summed E-state index contributed by atoms with van der Waals surface area (Å²) >= 11 is 0. The summed E-state index contributed by atoms with van der Waals surface area (Å²) in [6, 6.07) is 32.3. The maximum Gasteiger partial charge on any atom is 0.221 e. The lowest BCUT2D eigenvalue weighted by Crippen LogP contribution is -2.24. The van der Waals surface area contributed by atoms with Gasteiger partial charge in [0, 0.05) is 57.6 Å². The Labute approximate surface area is 317 Å². The van der Waals surface area contributed by atoms with Crippen LogP contribution in [0.3, 0.4) is 0 Å². The number of carbonyl (C=O) groups excluding carboxylic acids is 5. The Hall–Kier alpha value is -7.33. The van der Waals surface area contributed by atoms with Crippen LogP contribution in [0.15, 0.2) is 109 Å². The van der Waals surface area contributed by atoms with Crippen LogP contribution >= 0.6 is 0 Å². The molecule has 6 aromatic carbocycles. The van der Waals surface area contributed by atoms with E-state index in [1.54, 1.807) is 67.6 Å². The standard InChI is InChI=1S/C24H21N3O3.C21H16N2O2/c1-12-8-9-15(11-18(12)26-14(3)28)27-19-10-13(2)22(25)21-20(19)23(29)16-6-4-5-7-17(16)24(21)30;1-12-11-16(23-13-7-3-2-4-8-13)17-18(19(12)22)21(25)15-10-6-5-9-14(15)20(17)24/h4-11,27H,25H2,1-3H3,(H,26,28);2-11,23H,22H2,1H3. The number of anilines is 7. The second kappa shape index (κ2) is 14.2. The number of carbonyl (C=O) groups is 5. The molecule has 0 aromatic heterocycles. The summed E-state index contributed by atoms with van der Waals surface area (Å²) in [5, 5.41) is 9.29. The van der Waals surface area contributed by atoms with Crippen molar-refractivity contribution in [2.45, 2.75) is 27.7 Å². The number of ketones is 4. The molecule has 7 N–H and O–H groups in total. The van der Waals surface area contributed by atoms with Crippen molar-refractivity contribution in [1.82, 2.24) is 0 Å². The fourth-order valence-corrected chi connectivity index (χ4v) is 6.96. The Kier molecular flexibility index (Phi) is 9.33.